The van der Waals surface area contributed by atoms with Crippen molar-refractivity contribution in [2.45, 2.75) is 44.1 Å². The predicted octanol–water partition coefficient (Wildman–Crippen LogP) is 3.21. The van der Waals surface area contributed by atoms with Gasteiger partial charge in [-0.25, -0.2) is 9.37 Å². The molecule has 0 aliphatic heterocycles. The normalized spacial score (nSPS) is 17.8. The maximum absolute atomic E-state index is 14.3. The molecule has 0 saturated heterocycles. The van der Waals surface area contributed by atoms with Gasteiger partial charge in [-0.05, 0) is 31.4 Å². The molecule has 3 rings (SSSR count). The topological polar surface area (TPSA) is 46.9 Å². The van der Waals surface area contributed by atoms with Gasteiger partial charge in [-0.3, -0.25) is 4.79 Å². The van der Waals surface area contributed by atoms with Crippen molar-refractivity contribution < 1.29 is 9.18 Å². The van der Waals surface area contributed by atoms with Crippen molar-refractivity contribution in [2.24, 2.45) is 0 Å². The Morgan fingerprint density at radius 1 is 1.39 bits per heavy atom. The highest BCUT2D eigenvalue weighted by molar-refractivity contribution is 5.80. The fraction of sp³-hybridized carbons (Fsp3) is 0.444. The summed E-state index contributed by atoms with van der Waals surface area (Å²) in [4.78, 5) is 16.4. The minimum atomic E-state index is -0.323. The van der Waals surface area contributed by atoms with E-state index in [-0.39, 0.29) is 23.2 Å². The summed E-state index contributed by atoms with van der Waals surface area (Å²) in [7, 11) is 0. The SMILES string of the molecule is CC(C(=O)NCC1(c2ccccc2F)CCCC1)n1ccnc1. The quantitative estimate of drug-likeness (QED) is 0.921. The summed E-state index contributed by atoms with van der Waals surface area (Å²) in [6, 6.07) is 6.61. The van der Waals surface area contributed by atoms with Gasteiger partial charge in [0.2, 0.25) is 5.91 Å². The van der Waals surface area contributed by atoms with Gasteiger partial charge in [0.15, 0.2) is 0 Å². The number of benzene rings is 1. The van der Waals surface area contributed by atoms with Crippen LogP contribution in [0.25, 0.3) is 0 Å². The molecule has 1 aromatic heterocycles. The molecule has 1 unspecified atom stereocenters. The van der Waals surface area contributed by atoms with E-state index in [2.05, 4.69) is 10.3 Å². The molecule has 1 N–H and O–H groups in total. The zero-order valence-corrected chi connectivity index (χ0v) is 13.3. The summed E-state index contributed by atoms with van der Waals surface area (Å²) < 4.78 is 16.0. The lowest BCUT2D eigenvalue weighted by molar-refractivity contribution is -0.124. The fourth-order valence-electron chi connectivity index (χ4n) is 3.52. The van der Waals surface area contributed by atoms with Crippen LogP contribution in [0.2, 0.25) is 0 Å². The molecule has 1 saturated carbocycles. The Kier molecular flexibility index (Phi) is 4.46. The van der Waals surface area contributed by atoms with Gasteiger partial charge in [0.05, 0.1) is 6.33 Å². The average Bonchev–Trinajstić information content (AvgIpc) is 3.24. The Bertz CT molecular complexity index is 663. The maximum atomic E-state index is 14.3. The Labute approximate surface area is 135 Å². The van der Waals surface area contributed by atoms with E-state index in [0.29, 0.717) is 6.54 Å². The number of imidazole rings is 1. The van der Waals surface area contributed by atoms with Crippen LogP contribution in [0.4, 0.5) is 4.39 Å². The van der Waals surface area contributed by atoms with E-state index in [4.69, 9.17) is 0 Å². The lowest BCUT2D eigenvalue weighted by Gasteiger charge is -2.31. The Hall–Kier alpha value is -2.17. The average molecular weight is 315 g/mol. The molecular weight excluding hydrogens is 293 g/mol. The standard InChI is InChI=1S/C18H22FN3O/c1-14(22-11-10-20-13-22)17(23)21-12-18(8-4-5-9-18)15-6-2-3-7-16(15)19/h2-3,6-7,10-11,13-14H,4-5,8-9,12H2,1H3,(H,21,23). The molecule has 5 heteroatoms. The third kappa shape index (κ3) is 3.14. The minimum absolute atomic E-state index is 0.0642. The van der Waals surface area contributed by atoms with Crippen LogP contribution < -0.4 is 5.32 Å². The first-order valence-electron chi connectivity index (χ1n) is 8.13. The number of halogens is 1. The molecule has 1 aliphatic rings. The van der Waals surface area contributed by atoms with Crippen LogP contribution >= 0.6 is 0 Å². The number of nitrogens with zero attached hydrogens (tertiary/aromatic N) is 2. The molecule has 0 radical (unpaired) electrons. The Morgan fingerprint density at radius 2 is 2.13 bits per heavy atom. The van der Waals surface area contributed by atoms with Gasteiger partial charge >= 0.3 is 0 Å². The van der Waals surface area contributed by atoms with Crippen LogP contribution in [-0.2, 0) is 10.2 Å². The van der Waals surface area contributed by atoms with Crippen molar-refractivity contribution in [1.82, 2.24) is 14.9 Å². The van der Waals surface area contributed by atoms with Gasteiger partial charge in [0, 0.05) is 24.4 Å². The highest BCUT2D eigenvalue weighted by atomic mass is 19.1. The van der Waals surface area contributed by atoms with E-state index >= 15 is 0 Å². The maximum Gasteiger partial charge on any atom is 0.242 e. The summed E-state index contributed by atoms with van der Waals surface area (Å²) in [5, 5.41) is 3.02. The van der Waals surface area contributed by atoms with Crippen LogP contribution in [0.15, 0.2) is 43.0 Å². The Morgan fingerprint density at radius 3 is 2.78 bits per heavy atom. The molecule has 1 heterocycles. The highest BCUT2D eigenvalue weighted by Crippen LogP contribution is 2.41. The smallest absolute Gasteiger partial charge is 0.242 e. The summed E-state index contributed by atoms with van der Waals surface area (Å²) in [6.45, 7) is 2.31. The van der Waals surface area contributed by atoms with Crippen molar-refractivity contribution in [2.75, 3.05) is 6.54 Å². The number of carbonyl (C=O) groups is 1. The zero-order valence-electron chi connectivity index (χ0n) is 13.3. The number of rotatable bonds is 5. The van der Waals surface area contributed by atoms with E-state index < -0.39 is 0 Å². The molecule has 23 heavy (non-hydrogen) atoms. The molecule has 2 aromatic rings. The van der Waals surface area contributed by atoms with E-state index in [1.807, 2.05) is 19.1 Å². The lowest BCUT2D eigenvalue weighted by atomic mass is 9.78. The number of aromatic nitrogens is 2. The second-order valence-corrected chi connectivity index (χ2v) is 6.37. The molecular formula is C18H22FN3O. The molecule has 1 atom stereocenters. The van der Waals surface area contributed by atoms with Crippen molar-refractivity contribution in [3.63, 3.8) is 0 Å². The van der Waals surface area contributed by atoms with Crippen LogP contribution in [0.3, 0.4) is 0 Å². The number of carbonyl (C=O) groups excluding carboxylic acids is 1. The summed E-state index contributed by atoms with van der Waals surface area (Å²) in [5.41, 5.74) is 0.448. The summed E-state index contributed by atoms with van der Waals surface area (Å²) in [6.07, 6.45) is 9.02. The largest absolute Gasteiger partial charge is 0.353 e. The van der Waals surface area contributed by atoms with Gasteiger partial charge < -0.3 is 9.88 Å². The number of hydrogen-bond acceptors (Lipinski definition) is 2. The monoisotopic (exact) mass is 315 g/mol. The summed E-state index contributed by atoms with van der Waals surface area (Å²) >= 11 is 0. The molecule has 1 fully saturated rings. The van der Waals surface area contributed by atoms with Crippen molar-refractivity contribution in [3.05, 3.63) is 54.4 Å². The third-order valence-electron chi connectivity index (χ3n) is 4.96. The molecule has 1 amide bonds. The minimum Gasteiger partial charge on any atom is -0.353 e. The highest BCUT2D eigenvalue weighted by Gasteiger charge is 2.38. The first-order chi connectivity index (χ1) is 11.1. The van der Waals surface area contributed by atoms with Crippen molar-refractivity contribution >= 4 is 5.91 Å². The van der Waals surface area contributed by atoms with Gasteiger partial charge in [0.1, 0.15) is 11.9 Å². The van der Waals surface area contributed by atoms with E-state index in [1.165, 1.54) is 6.07 Å². The summed E-state index contributed by atoms with van der Waals surface area (Å²) in [5.74, 6) is -0.239. The molecule has 0 spiro atoms. The molecule has 4 nitrogen and oxygen atoms in total. The van der Waals surface area contributed by atoms with Gasteiger partial charge in [-0.1, -0.05) is 31.0 Å². The number of hydrogen-bond donors (Lipinski definition) is 1. The fourth-order valence-corrected chi connectivity index (χ4v) is 3.52. The predicted molar refractivity (Wildman–Crippen MR) is 86.5 cm³/mol. The van der Waals surface area contributed by atoms with E-state index in [1.54, 1.807) is 29.4 Å². The number of nitrogens with one attached hydrogen (secondary N) is 1. The van der Waals surface area contributed by atoms with Gasteiger partial charge in [0.25, 0.3) is 0 Å². The second-order valence-electron chi connectivity index (χ2n) is 6.37. The zero-order chi connectivity index (χ0) is 16.3. The Balaban J connectivity index is 1.74. The van der Waals surface area contributed by atoms with Crippen LogP contribution in [0.1, 0.15) is 44.2 Å². The van der Waals surface area contributed by atoms with Crippen LogP contribution in [0, 0.1) is 5.82 Å². The first kappa shape index (κ1) is 15.7. The number of amides is 1. The molecule has 0 bridgehead atoms. The third-order valence-corrected chi connectivity index (χ3v) is 4.96. The van der Waals surface area contributed by atoms with E-state index in [0.717, 1.165) is 31.2 Å². The van der Waals surface area contributed by atoms with Crippen molar-refractivity contribution in [3.8, 4) is 0 Å². The molecule has 1 aromatic carbocycles. The van der Waals surface area contributed by atoms with Crippen molar-refractivity contribution in [1.29, 1.82) is 0 Å². The molecule has 122 valence electrons. The van der Waals surface area contributed by atoms with E-state index in [9.17, 15) is 9.18 Å². The lowest BCUT2D eigenvalue weighted by Crippen LogP contribution is -2.41. The van der Waals surface area contributed by atoms with Gasteiger partial charge in [-0.15, -0.1) is 0 Å². The molecule has 1 aliphatic carbocycles. The van der Waals surface area contributed by atoms with Crippen LogP contribution in [0.5, 0.6) is 0 Å². The van der Waals surface area contributed by atoms with Crippen LogP contribution in [-0.4, -0.2) is 22.0 Å². The van der Waals surface area contributed by atoms with Gasteiger partial charge in [-0.2, -0.15) is 0 Å². The second kappa shape index (κ2) is 6.52. The first-order valence-corrected chi connectivity index (χ1v) is 8.13.